The summed E-state index contributed by atoms with van der Waals surface area (Å²) >= 11 is 0. The fraction of sp³-hybridized carbons (Fsp3) is 0.929. The molecular formula is C14H26O3. The molecule has 0 atom stereocenters. The van der Waals surface area contributed by atoms with E-state index in [0.717, 1.165) is 18.8 Å². The van der Waals surface area contributed by atoms with Gasteiger partial charge in [0.05, 0.1) is 19.1 Å². The number of carbonyl (C=O) groups excluding carboxylic acids is 1. The molecule has 0 aromatic heterocycles. The third kappa shape index (κ3) is 6.67. The standard InChI is InChI=1S/C14H26O3/c1-11-5-7-12(8-6-11)16-10-9-13(15)17-14(2,3)4/h11-12H,5-10H2,1-4H3. The van der Waals surface area contributed by atoms with Gasteiger partial charge in [0, 0.05) is 0 Å². The van der Waals surface area contributed by atoms with E-state index in [2.05, 4.69) is 6.92 Å². The Hall–Kier alpha value is -0.570. The van der Waals surface area contributed by atoms with Gasteiger partial charge >= 0.3 is 5.97 Å². The van der Waals surface area contributed by atoms with Crippen molar-refractivity contribution in [1.29, 1.82) is 0 Å². The van der Waals surface area contributed by atoms with Crippen LogP contribution in [0.5, 0.6) is 0 Å². The first-order chi connectivity index (χ1) is 7.87. The van der Waals surface area contributed by atoms with Crippen LogP contribution in [0, 0.1) is 5.92 Å². The number of hydrogen-bond acceptors (Lipinski definition) is 3. The summed E-state index contributed by atoms with van der Waals surface area (Å²) in [5.74, 6) is 0.669. The van der Waals surface area contributed by atoms with Crippen LogP contribution in [0.3, 0.4) is 0 Å². The van der Waals surface area contributed by atoms with Gasteiger partial charge in [0.1, 0.15) is 5.60 Å². The van der Waals surface area contributed by atoms with E-state index in [1.54, 1.807) is 0 Å². The second-order valence-electron chi connectivity index (χ2n) is 6.09. The van der Waals surface area contributed by atoms with Crippen LogP contribution in [0.2, 0.25) is 0 Å². The molecule has 0 saturated heterocycles. The molecule has 1 saturated carbocycles. The number of rotatable bonds is 4. The average Bonchev–Trinajstić information content (AvgIpc) is 2.18. The van der Waals surface area contributed by atoms with Crippen LogP contribution in [0.4, 0.5) is 0 Å². The highest BCUT2D eigenvalue weighted by molar-refractivity contribution is 5.69. The predicted molar refractivity (Wildman–Crippen MR) is 67.8 cm³/mol. The first-order valence-electron chi connectivity index (χ1n) is 6.70. The van der Waals surface area contributed by atoms with Crippen molar-refractivity contribution in [2.45, 2.75) is 71.5 Å². The molecule has 0 unspecified atom stereocenters. The Bertz CT molecular complexity index is 234. The summed E-state index contributed by atoms with van der Waals surface area (Å²) in [6, 6.07) is 0. The summed E-state index contributed by atoms with van der Waals surface area (Å²) in [5, 5.41) is 0. The lowest BCUT2D eigenvalue weighted by Gasteiger charge is -2.26. The number of hydrogen-bond donors (Lipinski definition) is 0. The van der Waals surface area contributed by atoms with Crippen molar-refractivity contribution in [3.63, 3.8) is 0 Å². The molecule has 0 heterocycles. The van der Waals surface area contributed by atoms with E-state index < -0.39 is 5.60 Å². The van der Waals surface area contributed by atoms with Gasteiger partial charge in [-0.2, -0.15) is 0 Å². The normalized spacial score (nSPS) is 25.6. The summed E-state index contributed by atoms with van der Waals surface area (Å²) in [4.78, 5) is 11.5. The first-order valence-corrected chi connectivity index (χ1v) is 6.70. The van der Waals surface area contributed by atoms with Crippen LogP contribution in [0.25, 0.3) is 0 Å². The van der Waals surface area contributed by atoms with Crippen molar-refractivity contribution < 1.29 is 14.3 Å². The smallest absolute Gasteiger partial charge is 0.308 e. The lowest BCUT2D eigenvalue weighted by atomic mass is 9.89. The molecule has 0 aliphatic heterocycles. The van der Waals surface area contributed by atoms with E-state index >= 15 is 0 Å². The molecule has 0 amide bonds. The van der Waals surface area contributed by atoms with Crippen LogP contribution in [-0.4, -0.2) is 24.3 Å². The monoisotopic (exact) mass is 242 g/mol. The maximum Gasteiger partial charge on any atom is 0.308 e. The molecule has 0 aromatic carbocycles. The molecule has 1 rings (SSSR count). The van der Waals surface area contributed by atoms with Crippen molar-refractivity contribution in [2.75, 3.05) is 6.61 Å². The Morgan fingerprint density at radius 2 is 1.76 bits per heavy atom. The second-order valence-corrected chi connectivity index (χ2v) is 6.09. The van der Waals surface area contributed by atoms with E-state index in [1.165, 1.54) is 12.8 Å². The molecule has 0 N–H and O–H groups in total. The molecule has 100 valence electrons. The Kier molecular flexibility index (Phi) is 5.44. The van der Waals surface area contributed by atoms with Gasteiger partial charge in [0.2, 0.25) is 0 Å². The second kappa shape index (κ2) is 6.39. The summed E-state index contributed by atoms with van der Waals surface area (Å²) in [6.45, 7) is 8.43. The topological polar surface area (TPSA) is 35.5 Å². The zero-order chi connectivity index (χ0) is 12.9. The minimum atomic E-state index is -0.392. The molecule has 3 heteroatoms. The van der Waals surface area contributed by atoms with Gasteiger partial charge in [0.25, 0.3) is 0 Å². The van der Waals surface area contributed by atoms with Gasteiger partial charge < -0.3 is 9.47 Å². The van der Waals surface area contributed by atoms with Crippen LogP contribution in [0.15, 0.2) is 0 Å². The third-order valence-electron chi connectivity index (χ3n) is 3.04. The third-order valence-corrected chi connectivity index (χ3v) is 3.04. The predicted octanol–water partition coefficient (Wildman–Crippen LogP) is 3.31. The Morgan fingerprint density at radius 1 is 1.18 bits per heavy atom. The Balaban J connectivity index is 2.09. The van der Waals surface area contributed by atoms with E-state index in [9.17, 15) is 4.79 Å². The van der Waals surface area contributed by atoms with Crippen molar-refractivity contribution in [2.24, 2.45) is 5.92 Å². The maximum absolute atomic E-state index is 11.5. The van der Waals surface area contributed by atoms with Crippen LogP contribution in [-0.2, 0) is 14.3 Å². The zero-order valence-corrected chi connectivity index (χ0v) is 11.6. The summed E-state index contributed by atoms with van der Waals surface area (Å²) in [6.07, 6.45) is 5.48. The molecular weight excluding hydrogens is 216 g/mol. The highest BCUT2D eigenvalue weighted by atomic mass is 16.6. The summed E-state index contributed by atoms with van der Waals surface area (Å²) in [5.41, 5.74) is -0.392. The lowest BCUT2D eigenvalue weighted by molar-refractivity contribution is -0.156. The molecule has 0 spiro atoms. The van der Waals surface area contributed by atoms with E-state index in [-0.39, 0.29) is 5.97 Å². The van der Waals surface area contributed by atoms with Gasteiger partial charge in [-0.1, -0.05) is 6.92 Å². The highest BCUT2D eigenvalue weighted by Gasteiger charge is 2.20. The van der Waals surface area contributed by atoms with Crippen LogP contribution < -0.4 is 0 Å². The quantitative estimate of drug-likeness (QED) is 0.709. The molecule has 3 nitrogen and oxygen atoms in total. The fourth-order valence-electron chi connectivity index (χ4n) is 2.10. The SMILES string of the molecule is CC1CCC(OCCC(=O)OC(C)(C)C)CC1. The molecule has 1 aliphatic rings. The van der Waals surface area contributed by atoms with Gasteiger partial charge in [-0.15, -0.1) is 0 Å². The summed E-state index contributed by atoms with van der Waals surface area (Å²) < 4.78 is 10.9. The minimum Gasteiger partial charge on any atom is -0.460 e. The van der Waals surface area contributed by atoms with Gasteiger partial charge in [-0.05, 0) is 52.4 Å². The van der Waals surface area contributed by atoms with Crippen molar-refractivity contribution in [3.05, 3.63) is 0 Å². The van der Waals surface area contributed by atoms with Gasteiger partial charge in [-0.3, -0.25) is 4.79 Å². The molecule has 1 aliphatic carbocycles. The maximum atomic E-state index is 11.5. The molecule has 17 heavy (non-hydrogen) atoms. The van der Waals surface area contributed by atoms with Gasteiger partial charge in [0.15, 0.2) is 0 Å². The zero-order valence-electron chi connectivity index (χ0n) is 11.6. The first kappa shape index (κ1) is 14.5. The minimum absolute atomic E-state index is 0.165. The van der Waals surface area contributed by atoms with E-state index in [0.29, 0.717) is 19.1 Å². The number of ether oxygens (including phenoxy) is 2. The molecule has 0 radical (unpaired) electrons. The molecule has 0 bridgehead atoms. The Morgan fingerprint density at radius 3 is 2.29 bits per heavy atom. The van der Waals surface area contributed by atoms with Gasteiger partial charge in [-0.25, -0.2) is 0 Å². The van der Waals surface area contributed by atoms with Crippen molar-refractivity contribution in [1.82, 2.24) is 0 Å². The van der Waals surface area contributed by atoms with Crippen molar-refractivity contribution in [3.8, 4) is 0 Å². The summed E-state index contributed by atoms with van der Waals surface area (Å²) in [7, 11) is 0. The number of carbonyl (C=O) groups is 1. The average molecular weight is 242 g/mol. The molecule has 1 fully saturated rings. The number of esters is 1. The van der Waals surface area contributed by atoms with Crippen LogP contribution >= 0.6 is 0 Å². The fourth-order valence-corrected chi connectivity index (χ4v) is 2.10. The van der Waals surface area contributed by atoms with Crippen molar-refractivity contribution >= 4 is 5.97 Å². The largest absolute Gasteiger partial charge is 0.460 e. The Labute approximate surface area is 105 Å². The van der Waals surface area contributed by atoms with Crippen LogP contribution in [0.1, 0.15) is 59.8 Å². The van der Waals surface area contributed by atoms with E-state index in [4.69, 9.17) is 9.47 Å². The molecule has 0 aromatic rings. The van der Waals surface area contributed by atoms with E-state index in [1.807, 2.05) is 20.8 Å². The lowest BCUT2D eigenvalue weighted by Crippen LogP contribution is -2.26. The highest BCUT2D eigenvalue weighted by Crippen LogP contribution is 2.25.